The summed E-state index contributed by atoms with van der Waals surface area (Å²) in [5, 5.41) is 7.59. The van der Waals surface area contributed by atoms with Crippen LogP contribution >= 0.6 is 0 Å². The Morgan fingerprint density at radius 3 is 2.23 bits per heavy atom. The van der Waals surface area contributed by atoms with Crippen molar-refractivity contribution in [3.05, 3.63) is 59.9 Å². The van der Waals surface area contributed by atoms with Crippen LogP contribution in [-0.4, -0.2) is 23.6 Å². The molecule has 1 aliphatic rings. The Bertz CT molecular complexity index is 879. The minimum Gasteiger partial charge on any atom is -0.368 e. The third-order valence-corrected chi connectivity index (χ3v) is 3.71. The van der Waals surface area contributed by atoms with Crippen LogP contribution in [0.5, 0.6) is 0 Å². The van der Waals surface area contributed by atoms with Gasteiger partial charge in [-0.2, -0.15) is 5.10 Å². The molecular formula is C17H13F3N4O2. The number of carbonyl (C=O) groups is 2. The Hall–Kier alpha value is -3.36. The number of nitrogens with zero attached hydrogens (tertiary/aromatic N) is 2. The normalized spacial score (nSPS) is 16.3. The number of hydrazone groups is 1. The van der Waals surface area contributed by atoms with Crippen molar-refractivity contribution in [2.75, 3.05) is 10.3 Å². The maximum absolute atomic E-state index is 13.2. The molecule has 0 saturated heterocycles. The second kappa shape index (κ2) is 6.87. The number of amides is 2. The molecule has 26 heavy (non-hydrogen) atoms. The fraction of sp³-hybridized carbons (Fsp3) is 0.118. The predicted molar refractivity (Wildman–Crippen MR) is 88.9 cm³/mol. The lowest BCUT2D eigenvalue weighted by Gasteiger charge is -2.20. The van der Waals surface area contributed by atoms with Gasteiger partial charge in [-0.3, -0.25) is 14.6 Å². The molecular weight excluding hydrogens is 349 g/mol. The van der Waals surface area contributed by atoms with E-state index in [4.69, 9.17) is 5.73 Å². The van der Waals surface area contributed by atoms with Gasteiger partial charge in [-0.05, 0) is 36.4 Å². The molecule has 0 fully saturated rings. The SMILES string of the molecule is NC(=O)C1CC(C(=O)Nc2cc(F)cc(F)c2)=NN1c1ccc(F)cc1. The minimum atomic E-state index is -0.939. The van der Waals surface area contributed by atoms with Crippen LogP contribution in [0.4, 0.5) is 24.5 Å². The Balaban J connectivity index is 1.84. The van der Waals surface area contributed by atoms with E-state index in [-0.39, 0.29) is 17.8 Å². The first kappa shape index (κ1) is 17.5. The molecule has 1 atom stereocenters. The van der Waals surface area contributed by atoms with Gasteiger partial charge >= 0.3 is 0 Å². The van der Waals surface area contributed by atoms with E-state index in [9.17, 15) is 22.8 Å². The fourth-order valence-electron chi connectivity index (χ4n) is 2.53. The average molecular weight is 362 g/mol. The van der Waals surface area contributed by atoms with Crippen LogP contribution in [0.2, 0.25) is 0 Å². The second-order valence-electron chi connectivity index (χ2n) is 5.60. The van der Waals surface area contributed by atoms with E-state index in [0.717, 1.165) is 12.1 Å². The van der Waals surface area contributed by atoms with Crippen LogP contribution in [0.15, 0.2) is 47.6 Å². The van der Waals surface area contributed by atoms with Crippen LogP contribution in [0.3, 0.4) is 0 Å². The monoisotopic (exact) mass is 362 g/mol. The molecule has 1 heterocycles. The number of anilines is 2. The summed E-state index contributed by atoms with van der Waals surface area (Å²) in [6.07, 6.45) is -0.101. The number of nitrogens with one attached hydrogen (secondary N) is 1. The zero-order valence-electron chi connectivity index (χ0n) is 13.2. The van der Waals surface area contributed by atoms with Crippen LogP contribution in [0.1, 0.15) is 6.42 Å². The van der Waals surface area contributed by atoms with Crippen LogP contribution < -0.4 is 16.1 Å². The molecule has 134 valence electrons. The van der Waals surface area contributed by atoms with Crippen molar-refractivity contribution in [1.29, 1.82) is 0 Å². The average Bonchev–Trinajstić information content (AvgIpc) is 3.00. The Morgan fingerprint density at radius 1 is 1.04 bits per heavy atom. The van der Waals surface area contributed by atoms with E-state index in [2.05, 4.69) is 10.4 Å². The van der Waals surface area contributed by atoms with Crippen molar-refractivity contribution < 1.29 is 22.8 Å². The number of hydrogen-bond acceptors (Lipinski definition) is 4. The highest BCUT2D eigenvalue weighted by atomic mass is 19.1. The van der Waals surface area contributed by atoms with Gasteiger partial charge in [0.1, 0.15) is 29.2 Å². The summed E-state index contributed by atoms with van der Waals surface area (Å²) in [4.78, 5) is 24.0. The first-order valence-corrected chi connectivity index (χ1v) is 7.52. The predicted octanol–water partition coefficient (Wildman–Crippen LogP) is 2.16. The first-order chi connectivity index (χ1) is 12.3. The molecule has 3 N–H and O–H groups in total. The van der Waals surface area contributed by atoms with Gasteiger partial charge < -0.3 is 11.1 Å². The molecule has 0 saturated carbocycles. The molecule has 3 rings (SSSR count). The quantitative estimate of drug-likeness (QED) is 0.874. The van der Waals surface area contributed by atoms with Crippen molar-refractivity contribution in [1.82, 2.24) is 0 Å². The molecule has 2 amide bonds. The van der Waals surface area contributed by atoms with Crippen molar-refractivity contribution in [2.45, 2.75) is 12.5 Å². The summed E-state index contributed by atoms with van der Waals surface area (Å²) in [5.74, 6) is -3.63. The Labute approximate surface area is 146 Å². The summed E-state index contributed by atoms with van der Waals surface area (Å²) in [6.45, 7) is 0. The van der Waals surface area contributed by atoms with Crippen molar-refractivity contribution >= 4 is 28.9 Å². The fourth-order valence-corrected chi connectivity index (χ4v) is 2.53. The van der Waals surface area contributed by atoms with Gasteiger partial charge in [0, 0.05) is 18.2 Å². The molecule has 0 radical (unpaired) electrons. The molecule has 2 aromatic rings. The molecule has 0 aromatic heterocycles. The number of halogens is 3. The van der Waals surface area contributed by atoms with Crippen LogP contribution in [0, 0.1) is 17.5 Å². The molecule has 9 heteroatoms. The smallest absolute Gasteiger partial charge is 0.271 e. The van der Waals surface area contributed by atoms with E-state index in [0.29, 0.717) is 11.8 Å². The van der Waals surface area contributed by atoms with Crippen LogP contribution in [0.25, 0.3) is 0 Å². The van der Waals surface area contributed by atoms with Crippen LogP contribution in [-0.2, 0) is 9.59 Å². The highest BCUT2D eigenvalue weighted by Gasteiger charge is 2.35. The molecule has 0 spiro atoms. The van der Waals surface area contributed by atoms with Gasteiger partial charge in [0.15, 0.2) is 0 Å². The van der Waals surface area contributed by atoms with Crippen molar-refractivity contribution in [3.63, 3.8) is 0 Å². The highest BCUT2D eigenvalue weighted by Crippen LogP contribution is 2.25. The van der Waals surface area contributed by atoms with Gasteiger partial charge in [-0.1, -0.05) is 0 Å². The van der Waals surface area contributed by atoms with E-state index in [1.54, 1.807) is 0 Å². The summed E-state index contributed by atoms with van der Waals surface area (Å²) in [7, 11) is 0. The topological polar surface area (TPSA) is 87.8 Å². The minimum absolute atomic E-state index is 0.0530. The lowest BCUT2D eigenvalue weighted by molar-refractivity contribution is -0.119. The van der Waals surface area contributed by atoms with Gasteiger partial charge in [-0.15, -0.1) is 0 Å². The maximum Gasteiger partial charge on any atom is 0.271 e. The van der Waals surface area contributed by atoms with Crippen molar-refractivity contribution in [3.8, 4) is 0 Å². The summed E-state index contributed by atoms with van der Waals surface area (Å²) >= 11 is 0. The largest absolute Gasteiger partial charge is 0.368 e. The van der Waals surface area contributed by atoms with Gasteiger partial charge in [0.2, 0.25) is 5.91 Å². The van der Waals surface area contributed by atoms with Crippen molar-refractivity contribution in [2.24, 2.45) is 10.8 Å². The Morgan fingerprint density at radius 2 is 1.65 bits per heavy atom. The molecule has 1 unspecified atom stereocenters. The van der Waals surface area contributed by atoms with Gasteiger partial charge in [0.05, 0.1) is 5.69 Å². The third kappa shape index (κ3) is 3.66. The number of carbonyl (C=O) groups excluding carboxylic acids is 2. The third-order valence-electron chi connectivity index (χ3n) is 3.71. The van der Waals surface area contributed by atoms with Gasteiger partial charge in [0.25, 0.3) is 5.91 Å². The second-order valence-corrected chi connectivity index (χ2v) is 5.60. The molecule has 2 aromatic carbocycles. The molecule has 6 nitrogen and oxygen atoms in total. The number of rotatable bonds is 4. The van der Waals surface area contributed by atoms with Gasteiger partial charge in [-0.25, -0.2) is 13.2 Å². The van der Waals surface area contributed by atoms with E-state index in [1.165, 1.54) is 29.3 Å². The summed E-state index contributed by atoms with van der Waals surface area (Å²) in [5.41, 5.74) is 5.58. The highest BCUT2D eigenvalue weighted by molar-refractivity contribution is 6.44. The lowest BCUT2D eigenvalue weighted by atomic mass is 10.1. The maximum atomic E-state index is 13.2. The molecule has 0 aliphatic carbocycles. The molecule has 0 bridgehead atoms. The zero-order valence-corrected chi connectivity index (χ0v) is 13.2. The lowest BCUT2D eigenvalue weighted by Crippen LogP contribution is -2.39. The number of primary amides is 1. The number of hydrogen-bond donors (Lipinski definition) is 2. The van der Waals surface area contributed by atoms with E-state index >= 15 is 0 Å². The molecule has 1 aliphatic heterocycles. The summed E-state index contributed by atoms with van der Waals surface area (Å²) < 4.78 is 39.5. The summed E-state index contributed by atoms with van der Waals surface area (Å²) in [6, 6.07) is 6.74. The zero-order chi connectivity index (χ0) is 18.8. The van der Waals surface area contributed by atoms with E-state index < -0.39 is 35.3 Å². The number of benzene rings is 2. The standard InChI is InChI=1S/C17H13F3N4O2/c18-9-1-3-13(4-2-9)24-15(16(21)25)8-14(23-24)17(26)22-12-6-10(19)5-11(20)7-12/h1-7,15H,8H2,(H2,21,25)(H,22,26). The first-order valence-electron chi connectivity index (χ1n) is 7.52. The number of nitrogens with two attached hydrogens (primary N) is 1. The van der Waals surface area contributed by atoms with E-state index in [1.807, 2.05) is 0 Å². The Kier molecular flexibility index (Phi) is 4.61.